The lowest BCUT2D eigenvalue weighted by Gasteiger charge is -2.07. The summed E-state index contributed by atoms with van der Waals surface area (Å²) in [6.45, 7) is 3.87. The summed E-state index contributed by atoms with van der Waals surface area (Å²) < 4.78 is 0. The van der Waals surface area contributed by atoms with Crippen molar-refractivity contribution >= 4 is 23.2 Å². The Morgan fingerprint density at radius 2 is 0.857 bits per heavy atom. The zero-order valence-corrected chi connectivity index (χ0v) is 18.4. The molecule has 4 heteroatoms. The van der Waals surface area contributed by atoms with E-state index in [4.69, 9.17) is 23.2 Å². The van der Waals surface area contributed by atoms with E-state index >= 15 is 0 Å². The SMILES string of the molecule is Clc1ccccc1CNCCCCCCCCCCNCc1ccccc1Cl. The Labute approximate surface area is 181 Å². The van der Waals surface area contributed by atoms with Crippen molar-refractivity contribution in [3.05, 3.63) is 69.7 Å². The Kier molecular flexibility index (Phi) is 12.3. The summed E-state index contributed by atoms with van der Waals surface area (Å²) in [6, 6.07) is 16.1. The predicted octanol–water partition coefficient (Wildman–Crippen LogP) is 6.99. The maximum absolute atomic E-state index is 6.16. The van der Waals surface area contributed by atoms with Crippen molar-refractivity contribution in [2.24, 2.45) is 0 Å². The van der Waals surface area contributed by atoms with Crippen molar-refractivity contribution in [3.8, 4) is 0 Å². The van der Waals surface area contributed by atoms with Gasteiger partial charge < -0.3 is 10.6 Å². The Hall–Kier alpha value is -1.06. The predicted molar refractivity (Wildman–Crippen MR) is 123 cm³/mol. The van der Waals surface area contributed by atoms with Crippen LogP contribution >= 0.6 is 23.2 Å². The van der Waals surface area contributed by atoms with Gasteiger partial charge in [0.05, 0.1) is 0 Å². The molecule has 0 amide bonds. The van der Waals surface area contributed by atoms with Crippen LogP contribution in [0.15, 0.2) is 48.5 Å². The summed E-state index contributed by atoms with van der Waals surface area (Å²) in [5.74, 6) is 0. The molecule has 0 saturated heterocycles. The molecule has 2 aromatic carbocycles. The molecule has 28 heavy (non-hydrogen) atoms. The Bertz CT molecular complexity index is 603. The number of hydrogen-bond donors (Lipinski definition) is 2. The molecule has 0 aliphatic heterocycles. The Morgan fingerprint density at radius 3 is 1.25 bits per heavy atom. The van der Waals surface area contributed by atoms with Crippen molar-refractivity contribution in [3.63, 3.8) is 0 Å². The lowest BCUT2D eigenvalue weighted by molar-refractivity contribution is 0.540. The zero-order chi connectivity index (χ0) is 19.9. The van der Waals surface area contributed by atoms with Crippen LogP contribution in [0.1, 0.15) is 62.5 Å². The third-order valence-electron chi connectivity index (χ3n) is 5.00. The van der Waals surface area contributed by atoms with Gasteiger partial charge >= 0.3 is 0 Å². The molecule has 2 aromatic rings. The van der Waals surface area contributed by atoms with Crippen LogP contribution in [0.2, 0.25) is 10.0 Å². The molecule has 0 fully saturated rings. The van der Waals surface area contributed by atoms with Crippen LogP contribution in [0.25, 0.3) is 0 Å². The standard InChI is InChI=1S/C24H34Cl2N2/c25-23-15-9-7-13-21(23)19-27-17-11-5-3-1-2-4-6-12-18-28-20-22-14-8-10-16-24(22)26/h7-10,13-16,27-28H,1-6,11-12,17-20H2. The highest BCUT2D eigenvalue weighted by Gasteiger charge is 1.99. The van der Waals surface area contributed by atoms with E-state index < -0.39 is 0 Å². The molecule has 154 valence electrons. The molecule has 0 aliphatic carbocycles. The van der Waals surface area contributed by atoms with Crippen molar-refractivity contribution in [1.29, 1.82) is 0 Å². The highest BCUT2D eigenvalue weighted by Crippen LogP contribution is 2.15. The Morgan fingerprint density at radius 1 is 0.500 bits per heavy atom. The average molecular weight is 421 g/mol. The Balaban J connectivity index is 1.33. The molecule has 0 aliphatic rings. The molecule has 2 N–H and O–H groups in total. The molecular weight excluding hydrogens is 387 g/mol. The number of halogens is 2. The first kappa shape index (κ1) is 23.2. The maximum atomic E-state index is 6.16. The zero-order valence-electron chi connectivity index (χ0n) is 16.9. The maximum Gasteiger partial charge on any atom is 0.0450 e. The van der Waals surface area contributed by atoms with Crippen LogP contribution in [0.4, 0.5) is 0 Å². The van der Waals surface area contributed by atoms with E-state index in [0.29, 0.717) is 0 Å². The molecule has 0 aromatic heterocycles. The summed E-state index contributed by atoms with van der Waals surface area (Å²) in [6.07, 6.45) is 10.5. The smallest absolute Gasteiger partial charge is 0.0450 e. The van der Waals surface area contributed by atoms with E-state index in [-0.39, 0.29) is 0 Å². The number of rotatable bonds is 15. The van der Waals surface area contributed by atoms with Crippen LogP contribution < -0.4 is 10.6 Å². The average Bonchev–Trinajstić information content (AvgIpc) is 2.71. The monoisotopic (exact) mass is 420 g/mol. The fourth-order valence-corrected chi connectivity index (χ4v) is 3.70. The van der Waals surface area contributed by atoms with Crippen molar-refractivity contribution in [2.75, 3.05) is 13.1 Å². The molecule has 0 spiro atoms. The van der Waals surface area contributed by atoms with Gasteiger partial charge in [-0.15, -0.1) is 0 Å². The summed E-state index contributed by atoms with van der Waals surface area (Å²) in [7, 11) is 0. The van der Waals surface area contributed by atoms with Crippen LogP contribution in [0, 0.1) is 0 Å². The summed E-state index contributed by atoms with van der Waals surface area (Å²) >= 11 is 12.3. The van der Waals surface area contributed by atoms with E-state index in [1.165, 1.54) is 62.5 Å². The first-order chi connectivity index (χ1) is 13.8. The number of hydrogen-bond acceptors (Lipinski definition) is 2. The van der Waals surface area contributed by atoms with Gasteiger partial charge in [0.25, 0.3) is 0 Å². The van der Waals surface area contributed by atoms with Crippen LogP contribution in [-0.2, 0) is 13.1 Å². The van der Waals surface area contributed by atoms with Crippen molar-refractivity contribution < 1.29 is 0 Å². The molecule has 0 unspecified atom stereocenters. The van der Waals surface area contributed by atoms with Gasteiger partial charge in [-0.3, -0.25) is 0 Å². The number of nitrogens with one attached hydrogen (secondary N) is 2. The largest absolute Gasteiger partial charge is 0.313 e. The minimum atomic E-state index is 0.856. The van der Waals surface area contributed by atoms with E-state index in [9.17, 15) is 0 Å². The molecule has 2 rings (SSSR count). The minimum absolute atomic E-state index is 0.856. The molecule has 0 saturated carbocycles. The third kappa shape index (κ3) is 9.93. The van der Waals surface area contributed by atoms with Crippen molar-refractivity contribution in [1.82, 2.24) is 10.6 Å². The number of benzene rings is 2. The lowest BCUT2D eigenvalue weighted by Crippen LogP contribution is -2.15. The van der Waals surface area contributed by atoms with Crippen molar-refractivity contribution in [2.45, 2.75) is 64.5 Å². The van der Waals surface area contributed by atoms with E-state index in [0.717, 1.165) is 36.2 Å². The van der Waals surface area contributed by atoms with E-state index in [1.54, 1.807) is 0 Å². The van der Waals surface area contributed by atoms with Gasteiger partial charge in [-0.05, 0) is 49.2 Å². The summed E-state index contributed by atoms with van der Waals surface area (Å²) in [5, 5.41) is 8.69. The fraction of sp³-hybridized carbons (Fsp3) is 0.500. The van der Waals surface area contributed by atoms with Gasteiger partial charge in [-0.25, -0.2) is 0 Å². The summed E-state index contributed by atoms with van der Waals surface area (Å²) in [5.41, 5.74) is 2.37. The molecule has 0 bridgehead atoms. The van der Waals surface area contributed by atoms with Gasteiger partial charge in [0, 0.05) is 23.1 Å². The second-order valence-electron chi connectivity index (χ2n) is 7.36. The molecule has 0 heterocycles. The van der Waals surface area contributed by atoms with E-state index in [2.05, 4.69) is 22.8 Å². The van der Waals surface area contributed by atoms with Crippen LogP contribution in [-0.4, -0.2) is 13.1 Å². The highest BCUT2D eigenvalue weighted by atomic mass is 35.5. The third-order valence-corrected chi connectivity index (χ3v) is 5.74. The molecule has 2 nitrogen and oxygen atoms in total. The van der Waals surface area contributed by atoms with Crippen LogP contribution in [0.5, 0.6) is 0 Å². The van der Waals surface area contributed by atoms with E-state index in [1.807, 2.05) is 36.4 Å². The van der Waals surface area contributed by atoms with Gasteiger partial charge in [-0.1, -0.05) is 98.1 Å². The second kappa shape index (κ2) is 14.9. The van der Waals surface area contributed by atoms with Crippen LogP contribution in [0.3, 0.4) is 0 Å². The fourth-order valence-electron chi connectivity index (χ4n) is 3.29. The quantitative estimate of drug-likeness (QED) is 0.303. The number of unbranched alkanes of at least 4 members (excludes halogenated alkanes) is 7. The van der Waals surface area contributed by atoms with Gasteiger partial charge in [-0.2, -0.15) is 0 Å². The molecule has 0 atom stereocenters. The van der Waals surface area contributed by atoms with Gasteiger partial charge in [0.2, 0.25) is 0 Å². The minimum Gasteiger partial charge on any atom is -0.313 e. The first-order valence-corrected chi connectivity index (χ1v) is 11.4. The normalized spacial score (nSPS) is 11.1. The molecule has 0 radical (unpaired) electrons. The first-order valence-electron chi connectivity index (χ1n) is 10.7. The molecular formula is C24H34Cl2N2. The second-order valence-corrected chi connectivity index (χ2v) is 8.18. The topological polar surface area (TPSA) is 24.1 Å². The summed E-state index contributed by atoms with van der Waals surface area (Å²) in [4.78, 5) is 0. The van der Waals surface area contributed by atoms with Gasteiger partial charge in [0.1, 0.15) is 0 Å². The van der Waals surface area contributed by atoms with Gasteiger partial charge in [0.15, 0.2) is 0 Å². The lowest BCUT2D eigenvalue weighted by atomic mass is 10.1. The highest BCUT2D eigenvalue weighted by molar-refractivity contribution is 6.31.